The highest BCUT2D eigenvalue weighted by atomic mass is 16.5. The Kier molecular flexibility index (Phi) is 8.43. The smallest absolute Gasteiger partial charge is 0.407 e. The number of carbonyl (C=O) groups is 3. The summed E-state index contributed by atoms with van der Waals surface area (Å²) in [7, 11) is 1.45. The lowest BCUT2D eigenvalue weighted by molar-refractivity contribution is -0.141. The lowest BCUT2D eigenvalue weighted by atomic mass is 9.98. The second-order valence-electron chi connectivity index (χ2n) is 8.02. The van der Waals surface area contributed by atoms with E-state index in [0.29, 0.717) is 6.42 Å². The zero-order valence-electron chi connectivity index (χ0n) is 18.9. The van der Waals surface area contributed by atoms with Gasteiger partial charge in [0, 0.05) is 26.1 Å². The molecular weight excluding hydrogens is 424 g/mol. The summed E-state index contributed by atoms with van der Waals surface area (Å²) in [4.78, 5) is 35.5. The van der Waals surface area contributed by atoms with E-state index >= 15 is 0 Å². The largest absolute Gasteiger partial charge is 0.481 e. The summed E-state index contributed by atoms with van der Waals surface area (Å²) in [6, 6.07) is 16.2. The molecule has 2 aromatic carbocycles. The minimum absolute atomic E-state index is 0.00376. The van der Waals surface area contributed by atoms with E-state index in [2.05, 4.69) is 22.8 Å². The first-order chi connectivity index (χ1) is 15.9. The number of fused-ring (bicyclic) bond motifs is 3. The molecule has 2 amide bonds. The van der Waals surface area contributed by atoms with Crippen molar-refractivity contribution < 1.29 is 29.0 Å². The van der Waals surface area contributed by atoms with Crippen LogP contribution in [0.5, 0.6) is 0 Å². The van der Waals surface area contributed by atoms with E-state index in [1.54, 1.807) is 6.92 Å². The first-order valence-corrected chi connectivity index (χ1v) is 11.1. The van der Waals surface area contributed by atoms with Crippen LogP contribution < -0.4 is 10.6 Å². The van der Waals surface area contributed by atoms with Crippen molar-refractivity contribution in [3.05, 3.63) is 59.7 Å². The number of methoxy groups -OCH3 is 1. The van der Waals surface area contributed by atoms with Crippen molar-refractivity contribution in [2.75, 3.05) is 26.8 Å². The highest BCUT2D eigenvalue weighted by molar-refractivity contribution is 5.79. The molecule has 2 unspecified atom stereocenters. The van der Waals surface area contributed by atoms with Gasteiger partial charge in [-0.3, -0.25) is 9.59 Å². The van der Waals surface area contributed by atoms with E-state index < -0.39 is 24.1 Å². The van der Waals surface area contributed by atoms with Crippen LogP contribution in [0.4, 0.5) is 4.79 Å². The number of hydrogen-bond acceptors (Lipinski definition) is 5. The first kappa shape index (κ1) is 24.3. The van der Waals surface area contributed by atoms with Crippen LogP contribution >= 0.6 is 0 Å². The maximum Gasteiger partial charge on any atom is 0.407 e. The normalized spacial score (nSPS) is 14.0. The molecule has 0 bridgehead atoms. The number of alkyl carbamates (subject to hydrolysis) is 1. The molecular formula is C25H30N2O6. The van der Waals surface area contributed by atoms with Crippen molar-refractivity contribution in [1.82, 2.24) is 10.6 Å². The number of carboxylic acids is 1. The van der Waals surface area contributed by atoms with Crippen LogP contribution in [0.2, 0.25) is 0 Å². The number of rotatable bonds is 11. The standard InChI is InChI=1S/C25H30N2O6/c1-3-16(24(29)30)13-26-23(28)12-17(32-2)14-27-25(31)33-15-22-20-10-6-4-8-18(20)19-9-5-7-11-21(19)22/h4-11,16-17,22H,3,12-15H2,1-2H3,(H,26,28)(H,27,31)(H,29,30). The molecule has 8 heteroatoms. The molecule has 8 nitrogen and oxygen atoms in total. The van der Waals surface area contributed by atoms with Crippen molar-refractivity contribution in [3.63, 3.8) is 0 Å². The molecule has 2 atom stereocenters. The predicted molar refractivity (Wildman–Crippen MR) is 123 cm³/mol. The van der Waals surface area contributed by atoms with E-state index in [9.17, 15) is 14.4 Å². The van der Waals surface area contributed by atoms with Crippen LogP contribution in [0, 0.1) is 5.92 Å². The molecule has 0 spiro atoms. The van der Waals surface area contributed by atoms with E-state index in [0.717, 1.165) is 22.3 Å². The summed E-state index contributed by atoms with van der Waals surface area (Å²) in [5.41, 5.74) is 4.57. The topological polar surface area (TPSA) is 114 Å². The van der Waals surface area contributed by atoms with Crippen LogP contribution in [0.3, 0.4) is 0 Å². The van der Waals surface area contributed by atoms with E-state index in [-0.39, 0.29) is 37.9 Å². The zero-order valence-corrected chi connectivity index (χ0v) is 18.9. The number of aliphatic carboxylic acids is 1. The van der Waals surface area contributed by atoms with Gasteiger partial charge in [0.2, 0.25) is 5.91 Å². The van der Waals surface area contributed by atoms with Gasteiger partial charge in [-0.2, -0.15) is 0 Å². The van der Waals surface area contributed by atoms with Crippen LogP contribution in [-0.4, -0.2) is 56.0 Å². The minimum Gasteiger partial charge on any atom is -0.481 e. The maximum atomic E-state index is 12.3. The quantitative estimate of drug-likeness (QED) is 0.481. The van der Waals surface area contributed by atoms with E-state index in [1.165, 1.54) is 7.11 Å². The van der Waals surface area contributed by atoms with Crippen molar-refractivity contribution in [2.45, 2.75) is 31.8 Å². The van der Waals surface area contributed by atoms with Gasteiger partial charge in [-0.15, -0.1) is 0 Å². The van der Waals surface area contributed by atoms with Gasteiger partial charge in [0.05, 0.1) is 18.4 Å². The molecule has 0 heterocycles. The van der Waals surface area contributed by atoms with Crippen LogP contribution in [0.15, 0.2) is 48.5 Å². The Bertz CT molecular complexity index is 947. The fourth-order valence-electron chi connectivity index (χ4n) is 4.01. The molecule has 0 saturated carbocycles. The van der Waals surface area contributed by atoms with Crippen molar-refractivity contribution in [3.8, 4) is 11.1 Å². The Morgan fingerprint density at radius 1 is 0.970 bits per heavy atom. The number of hydrogen-bond donors (Lipinski definition) is 3. The fraction of sp³-hybridized carbons (Fsp3) is 0.400. The average Bonchev–Trinajstić information content (AvgIpc) is 3.14. The first-order valence-electron chi connectivity index (χ1n) is 11.1. The SMILES string of the molecule is CCC(CNC(=O)CC(CNC(=O)OCC1c2ccccc2-c2ccccc21)OC)C(=O)O. The Labute approximate surface area is 193 Å². The number of carbonyl (C=O) groups excluding carboxylic acids is 2. The molecule has 1 aliphatic rings. The molecule has 3 rings (SSSR count). The van der Waals surface area contributed by atoms with E-state index in [1.807, 2.05) is 36.4 Å². The van der Waals surface area contributed by atoms with Crippen LogP contribution in [0.1, 0.15) is 36.8 Å². The molecule has 0 saturated heterocycles. The number of ether oxygens (including phenoxy) is 2. The molecule has 0 radical (unpaired) electrons. The fourth-order valence-corrected chi connectivity index (χ4v) is 4.01. The zero-order chi connectivity index (χ0) is 23.8. The molecule has 3 N–H and O–H groups in total. The van der Waals surface area contributed by atoms with Crippen molar-refractivity contribution in [2.24, 2.45) is 5.92 Å². The molecule has 176 valence electrons. The highest BCUT2D eigenvalue weighted by Crippen LogP contribution is 2.44. The monoisotopic (exact) mass is 454 g/mol. The number of benzene rings is 2. The van der Waals surface area contributed by atoms with Gasteiger partial charge in [-0.1, -0.05) is 55.5 Å². The summed E-state index contributed by atoms with van der Waals surface area (Å²) >= 11 is 0. The minimum atomic E-state index is -0.946. The molecule has 1 aliphatic carbocycles. The third-order valence-electron chi connectivity index (χ3n) is 5.95. The highest BCUT2D eigenvalue weighted by Gasteiger charge is 2.29. The van der Waals surface area contributed by atoms with Gasteiger partial charge in [-0.05, 0) is 28.7 Å². The lowest BCUT2D eigenvalue weighted by Gasteiger charge is -2.18. The second kappa shape index (κ2) is 11.5. The number of carboxylic acid groups (broad SMARTS) is 1. The molecule has 0 aliphatic heterocycles. The summed E-state index contributed by atoms with van der Waals surface area (Å²) < 4.78 is 10.8. The average molecular weight is 455 g/mol. The Hall–Kier alpha value is -3.39. The molecule has 33 heavy (non-hydrogen) atoms. The number of nitrogens with one attached hydrogen (secondary N) is 2. The summed E-state index contributed by atoms with van der Waals surface area (Å²) in [6.45, 7) is 2.10. The van der Waals surface area contributed by atoms with E-state index in [4.69, 9.17) is 14.6 Å². The van der Waals surface area contributed by atoms with Gasteiger partial charge < -0.3 is 25.2 Å². The van der Waals surface area contributed by atoms with Crippen molar-refractivity contribution >= 4 is 18.0 Å². The van der Waals surface area contributed by atoms with Crippen LogP contribution in [0.25, 0.3) is 11.1 Å². The van der Waals surface area contributed by atoms with Crippen LogP contribution in [-0.2, 0) is 19.1 Å². The van der Waals surface area contributed by atoms with Crippen molar-refractivity contribution in [1.29, 1.82) is 0 Å². The summed E-state index contributed by atoms with van der Waals surface area (Å²) in [5, 5.41) is 14.3. The third kappa shape index (κ3) is 6.10. The lowest BCUT2D eigenvalue weighted by Crippen LogP contribution is -2.39. The predicted octanol–water partition coefficient (Wildman–Crippen LogP) is 3.16. The third-order valence-corrected chi connectivity index (χ3v) is 5.95. The molecule has 0 aromatic heterocycles. The van der Waals surface area contributed by atoms with Gasteiger partial charge in [0.15, 0.2) is 0 Å². The maximum absolute atomic E-state index is 12.3. The van der Waals surface area contributed by atoms with Gasteiger partial charge in [0.25, 0.3) is 0 Å². The summed E-state index contributed by atoms with van der Waals surface area (Å²) in [5.74, 6) is -1.95. The Balaban J connectivity index is 1.47. The molecule has 0 fully saturated rings. The second-order valence-corrected chi connectivity index (χ2v) is 8.02. The van der Waals surface area contributed by atoms with Gasteiger partial charge in [-0.25, -0.2) is 4.79 Å². The summed E-state index contributed by atoms with van der Waals surface area (Å²) in [6.07, 6.45) is -0.727. The van der Waals surface area contributed by atoms with Gasteiger partial charge >= 0.3 is 12.1 Å². The Morgan fingerprint density at radius 3 is 2.12 bits per heavy atom. The Morgan fingerprint density at radius 2 is 1.58 bits per heavy atom. The number of amides is 2. The van der Waals surface area contributed by atoms with Gasteiger partial charge in [0.1, 0.15) is 6.61 Å². The molecule has 2 aromatic rings.